The summed E-state index contributed by atoms with van der Waals surface area (Å²) in [6, 6.07) is 0. The number of aliphatic hydroxyl groups excluding tert-OH is 1. The summed E-state index contributed by atoms with van der Waals surface area (Å²) in [5.41, 5.74) is 7.99. The first-order valence-electron chi connectivity index (χ1n) is 6.68. The largest absolute Gasteiger partial charge is 0.392 e. The summed E-state index contributed by atoms with van der Waals surface area (Å²) in [6.07, 6.45) is 7.83. The molecule has 0 aliphatic heterocycles. The van der Waals surface area contributed by atoms with E-state index in [1.807, 2.05) is 0 Å². The third-order valence-electron chi connectivity index (χ3n) is 3.88. The van der Waals surface area contributed by atoms with Crippen molar-refractivity contribution in [3.05, 3.63) is 28.5 Å². The van der Waals surface area contributed by atoms with E-state index in [4.69, 9.17) is 5.11 Å². The maximum atomic E-state index is 8.72. The molecule has 0 atom stereocenters. The minimum Gasteiger partial charge on any atom is -0.392 e. The van der Waals surface area contributed by atoms with Gasteiger partial charge >= 0.3 is 0 Å². The molecule has 1 N–H and O–H groups in total. The molecule has 0 radical (unpaired) electrons. The first kappa shape index (κ1) is 14.3. The molecule has 0 aromatic heterocycles. The van der Waals surface area contributed by atoms with E-state index in [-0.39, 0.29) is 6.61 Å². The summed E-state index contributed by atoms with van der Waals surface area (Å²) in [6.45, 7) is 9.21. The van der Waals surface area contributed by atoms with Gasteiger partial charge in [0.2, 0.25) is 0 Å². The Labute approximate surface area is 106 Å². The lowest BCUT2D eigenvalue weighted by Gasteiger charge is -2.34. The van der Waals surface area contributed by atoms with Crippen LogP contribution in [-0.2, 0) is 0 Å². The van der Waals surface area contributed by atoms with Crippen LogP contribution in [0, 0.1) is 5.41 Å². The smallest absolute Gasteiger partial charge is 0.0686 e. The molecule has 1 rings (SSSR count). The average molecular weight is 234 g/mol. The average Bonchev–Trinajstić information content (AvgIpc) is 2.24. The van der Waals surface area contributed by atoms with E-state index >= 15 is 0 Å². The lowest BCUT2D eigenvalue weighted by molar-refractivity contribution is 0.343. The zero-order valence-electron chi connectivity index (χ0n) is 11.8. The summed E-state index contributed by atoms with van der Waals surface area (Å²) in [5, 5.41) is 8.72. The predicted octanol–water partition coefficient (Wildman–Crippen LogP) is 4.39. The van der Waals surface area contributed by atoms with Crippen LogP contribution in [0.25, 0.3) is 0 Å². The molecule has 0 fully saturated rings. The predicted molar refractivity (Wildman–Crippen MR) is 73.9 cm³/mol. The number of hydrogen-bond acceptors (Lipinski definition) is 1. The first-order chi connectivity index (χ1) is 7.97. The van der Waals surface area contributed by atoms with Crippen molar-refractivity contribution in [1.29, 1.82) is 0 Å². The van der Waals surface area contributed by atoms with Crippen molar-refractivity contribution >= 4 is 0 Å². The van der Waals surface area contributed by atoms with E-state index in [0.29, 0.717) is 5.41 Å². The molecule has 0 saturated carbocycles. The van der Waals surface area contributed by atoms with Gasteiger partial charge in [-0.1, -0.05) is 25.0 Å². The fraction of sp³-hybridized carbons (Fsp3) is 0.688. The second-order valence-electron chi connectivity index (χ2n) is 5.81. The van der Waals surface area contributed by atoms with Crippen LogP contribution in [0.5, 0.6) is 0 Å². The van der Waals surface area contributed by atoms with E-state index in [2.05, 4.69) is 33.4 Å². The van der Waals surface area contributed by atoms with Crippen LogP contribution in [0.15, 0.2) is 28.5 Å². The SMILES string of the molecule is CC(=C=CCO)CCC1=C(C)CCCC1(C)C. The third-order valence-corrected chi connectivity index (χ3v) is 3.88. The topological polar surface area (TPSA) is 20.2 Å². The van der Waals surface area contributed by atoms with Gasteiger partial charge < -0.3 is 5.11 Å². The van der Waals surface area contributed by atoms with Crippen molar-refractivity contribution in [3.63, 3.8) is 0 Å². The second-order valence-corrected chi connectivity index (χ2v) is 5.81. The normalized spacial score (nSPS) is 18.9. The van der Waals surface area contributed by atoms with Gasteiger partial charge in [-0.15, -0.1) is 5.73 Å². The molecule has 96 valence electrons. The molecule has 1 nitrogen and oxygen atoms in total. The molecule has 1 aliphatic rings. The van der Waals surface area contributed by atoms with Gasteiger partial charge in [0.1, 0.15) is 0 Å². The van der Waals surface area contributed by atoms with Crippen LogP contribution >= 0.6 is 0 Å². The molecule has 0 unspecified atom stereocenters. The van der Waals surface area contributed by atoms with E-state index < -0.39 is 0 Å². The number of hydrogen-bond donors (Lipinski definition) is 1. The Bertz CT molecular complexity index is 352. The summed E-state index contributed by atoms with van der Waals surface area (Å²) >= 11 is 0. The Balaban J connectivity index is 2.70. The number of allylic oxidation sites excluding steroid dienone is 2. The summed E-state index contributed by atoms with van der Waals surface area (Å²) in [4.78, 5) is 0. The molecule has 0 aromatic carbocycles. The maximum absolute atomic E-state index is 8.72. The molecule has 0 bridgehead atoms. The van der Waals surface area contributed by atoms with E-state index in [1.54, 1.807) is 17.2 Å². The minimum absolute atomic E-state index is 0.0879. The maximum Gasteiger partial charge on any atom is 0.0686 e. The van der Waals surface area contributed by atoms with E-state index in [1.165, 1.54) is 24.8 Å². The van der Waals surface area contributed by atoms with Gasteiger partial charge in [-0.3, -0.25) is 0 Å². The van der Waals surface area contributed by atoms with Crippen LogP contribution in [0.1, 0.15) is 59.8 Å². The van der Waals surface area contributed by atoms with Crippen molar-refractivity contribution in [2.24, 2.45) is 5.41 Å². The Hall–Kier alpha value is -0.780. The van der Waals surface area contributed by atoms with Crippen molar-refractivity contribution < 1.29 is 5.11 Å². The van der Waals surface area contributed by atoms with Crippen molar-refractivity contribution in [3.8, 4) is 0 Å². The molecular weight excluding hydrogens is 208 g/mol. The highest BCUT2D eigenvalue weighted by Crippen LogP contribution is 2.42. The number of rotatable bonds is 4. The highest BCUT2D eigenvalue weighted by Gasteiger charge is 2.27. The lowest BCUT2D eigenvalue weighted by atomic mass is 9.71. The zero-order chi connectivity index (χ0) is 12.9. The molecule has 0 amide bonds. The molecule has 0 heterocycles. The minimum atomic E-state index is 0.0879. The van der Waals surface area contributed by atoms with Gasteiger partial charge in [0.25, 0.3) is 0 Å². The second kappa shape index (κ2) is 6.23. The first-order valence-corrected chi connectivity index (χ1v) is 6.68. The van der Waals surface area contributed by atoms with E-state index in [9.17, 15) is 0 Å². The Kier molecular flexibility index (Phi) is 5.24. The molecule has 17 heavy (non-hydrogen) atoms. The monoisotopic (exact) mass is 234 g/mol. The standard InChI is InChI=1S/C16H26O/c1-13(7-6-12-17)9-10-15-14(2)8-5-11-16(15,3)4/h6,17H,5,8-12H2,1-4H3. The van der Waals surface area contributed by atoms with Gasteiger partial charge in [-0.05, 0) is 63.0 Å². The molecule has 0 spiro atoms. The highest BCUT2D eigenvalue weighted by molar-refractivity contribution is 5.23. The number of aliphatic hydroxyl groups is 1. The third kappa shape index (κ3) is 4.18. The molecule has 1 aliphatic carbocycles. The molecular formula is C16H26O. The lowest BCUT2D eigenvalue weighted by Crippen LogP contribution is -2.20. The van der Waals surface area contributed by atoms with Crippen molar-refractivity contribution in [1.82, 2.24) is 0 Å². The van der Waals surface area contributed by atoms with Crippen LogP contribution < -0.4 is 0 Å². The van der Waals surface area contributed by atoms with E-state index in [0.717, 1.165) is 12.8 Å². The van der Waals surface area contributed by atoms with Crippen LogP contribution in [0.3, 0.4) is 0 Å². The van der Waals surface area contributed by atoms with Crippen LogP contribution in [0.4, 0.5) is 0 Å². The zero-order valence-corrected chi connectivity index (χ0v) is 11.8. The Morgan fingerprint density at radius 1 is 1.47 bits per heavy atom. The highest BCUT2D eigenvalue weighted by atomic mass is 16.2. The van der Waals surface area contributed by atoms with Gasteiger partial charge in [0.15, 0.2) is 0 Å². The fourth-order valence-electron chi connectivity index (χ4n) is 2.83. The molecule has 0 aromatic rings. The molecule has 1 heteroatoms. The summed E-state index contributed by atoms with van der Waals surface area (Å²) in [5.74, 6) is 0. The Morgan fingerprint density at radius 2 is 2.18 bits per heavy atom. The van der Waals surface area contributed by atoms with Gasteiger partial charge in [-0.2, -0.15) is 0 Å². The molecule has 0 saturated heterocycles. The van der Waals surface area contributed by atoms with Crippen molar-refractivity contribution in [2.45, 2.75) is 59.8 Å². The quantitative estimate of drug-likeness (QED) is 0.565. The summed E-state index contributed by atoms with van der Waals surface area (Å²) < 4.78 is 0. The van der Waals surface area contributed by atoms with Gasteiger partial charge in [0.05, 0.1) is 6.61 Å². The summed E-state index contributed by atoms with van der Waals surface area (Å²) in [7, 11) is 0. The Morgan fingerprint density at radius 3 is 2.76 bits per heavy atom. The van der Waals surface area contributed by atoms with Crippen molar-refractivity contribution in [2.75, 3.05) is 6.61 Å². The van der Waals surface area contributed by atoms with Gasteiger partial charge in [0, 0.05) is 0 Å². The van der Waals surface area contributed by atoms with Crippen LogP contribution in [-0.4, -0.2) is 11.7 Å². The fourth-order valence-corrected chi connectivity index (χ4v) is 2.83. The van der Waals surface area contributed by atoms with Gasteiger partial charge in [-0.25, -0.2) is 0 Å². The van der Waals surface area contributed by atoms with Crippen LogP contribution in [0.2, 0.25) is 0 Å².